The quantitative estimate of drug-likeness (QED) is 0.497. The van der Waals surface area contributed by atoms with Crippen LogP contribution in [0.4, 0.5) is 15.2 Å². The number of nitrogens with one attached hydrogen (secondary N) is 2. The van der Waals surface area contributed by atoms with Crippen molar-refractivity contribution in [1.82, 2.24) is 4.98 Å². The van der Waals surface area contributed by atoms with Gasteiger partial charge in [-0.2, -0.15) is 0 Å². The molecular formula is C21H22FN3O5S2. The highest BCUT2D eigenvalue weighted by atomic mass is 32.2. The molecule has 0 unspecified atom stereocenters. The summed E-state index contributed by atoms with van der Waals surface area (Å²) in [7, 11) is -0.702. The van der Waals surface area contributed by atoms with Crippen LogP contribution >= 0.6 is 11.3 Å². The molecule has 0 saturated carbocycles. The predicted octanol–water partition coefficient (Wildman–Crippen LogP) is 4.37. The number of hydrogen-bond acceptors (Lipinski definition) is 7. The number of anilines is 2. The lowest BCUT2D eigenvalue weighted by Gasteiger charge is -2.14. The lowest BCUT2D eigenvalue weighted by molar-refractivity contribution is 0.102. The first-order valence-corrected chi connectivity index (χ1v) is 11.9. The zero-order valence-electron chi connectivity index (χ0n) is 17.8. The van der Waals surface area contributed by atoms with Gasteiger partial charge in [0.2, 0.25) is 10.0 Å². The Balaban J connectivity index is 1.84. The Kier molecular flexibility index (Phi) is 6.99. The lowest BCUT2D eigenvalue weighted by atomic mass is 10.1. The van der Waals surface area contributed by atoms with Crippen LogP contribution in [0, 0.1) is 5.82 Å². The highest BCUT2D eigenvalue weighted by Gasteiger charge is 2.21. The van der Waals surface area contributed by atoms with Crippen LogP contribution in [-0.2, 0) is 10.0 Å². The summed E-state index contributed by atoms with van der Waals surface area (Å²) in [6.07, 6.45) is 0. The van der Waals surface area contributed by atoms with Crippen LogP contribution in [0.3, 0.4) is 0 Å². The Bertz CT molecular complexity index is 1240. The summed E-state index contributed by atoms with van der Waals surface area (Å²) in [6, 6.07) is 8.58. The van der Waals surface area contributed by atoms with Crippen molar-refractivity contribution in [2.24, 2.45) is 0 Å². The number of thiazole rings is 1. The number of carbonyl (C=O) groups excluding carboxylic acids is 1. The van der Waals surface area contributed by atoms with E-state index in [1.54, 1.807) is 30.7 Å². The van der Waals surface area contributed by atoms with Crippen LogP contribution in [0.1, 0.15) is 24.2 Å². The number of benzene rings is 2. The molecule has 0 aliphatic heterocycles. The molecule has 2 aromatic carbocycles. The molecule has 0 aliphatic carbocycles. The molecule has 3 rings (SSSR count). The Morgan fingerprint density at radius 1 is 1.09 bits per heavy atom. The van der Waals surface area contributed by atoms with Gasteiger partial charge < -0.3 is 9.47 Å². The fraction of sp³-hybridized carbons (Fsp3) is 0.238. The van der Waals surface area contributed by atoms with Gasteiger partial charge in [0.1, 0.15) is 5.82 Å². The van der Waals surface area contributed by atoms with Crippen LogP contribution in [0.2, 0.25) is 0 Å². The van der Waals surface area contributed by atoms with E-state index in [-0.39, 0.29) is 11.3 Å². The zero-order chi connectivity index (χ0) is 23.5. The summed E-state index contributed by atoms with van der Waals surface area (Å²) in [5.41, 5.74) is 1.18. The molecule has 32 heavy (non-hydrogen) atoms. The van der Waals surface area contributed by atoms with E-state index in [1.165, 1.54) is 38.4 Å². The number of carbonyl (C=O) groups is 1. The van der Waals surface area contributed by atoms with Crippen molar-refractivity contribution in [3.05, 3.63) is 53.2 Å². The SMILES string of the molecule is COc1ccc(-c2csc(NC(=O)c3ccc(F)cc3NS(=O)(=O)C(C)C)n2)cc1OC. The summed E-state index contributed by atoms with van der Waals surface area (Å²) < 4.78 is 50.9. The summed E-state index contributed by atoms with van der Waals surface area (Å²) in [6.45, 7) is 2.96. The van der Waals surface area contributed by atoms with E-state index in [4.69, 9.17) is 9.47 Å². The van der Waals surface area contributed by atoms with Crippen molar-refractivity contribution in [3.8, 4) is 22.8 Å². The smallest absolute Gasteiger partial charge is 0.259 e. The number of halogens is 1. The van der Waals surface area contributed by atoms with Crippen LogP contribution in [-0.4, -0.2) is 38.8 Å². The maximum Gasteiger partial charge on any atom is 0.259 e. The molecule has 8 nitrogen and oxygen atoms in total. The van der Waals surface area contributed by atoms with Crippen molar-refractivity contribution in [1.29, 1.82) is 0 Å². The minimum atomic E-state index is -3.77. The number of ether oxygens (including phenoxy) is 2. The largest absolute Gasteiger partial charge is 0.493 e. The van der Waals surface area contributed by atoms with Gasteiger partial charge in [-0.25, -0.2) is 17.8 Å². The normalized spacial score (nSPS) is 11.3. The molecule has 1 heterocycles. The first-order valence-electron chi connectivity index (χ1n) is 9.45. The topological polar surface area (TPSA) is 107 Å². The van der Waals surface area contributed by atoms with Gasteiger partial charge in [-0.15, -0.1) is 11.3 Å². The number of aromatic nitrogens is 1. The van der Waals surface area contributed by atoms with Crippen molar-refractivity contribution in [3.63, 3.8) is 0 Å². The van der Waals surface area contributed by atoms with Crippen molar-refractivity contribution >= 4 is 38.1 Å². The van der Waals surface area contributed by atoms with E-state index in [2.05, 4.69) is 15.0 Å². The van der Waals surface area contributed by atoms with Crippen LogP contribution < -0.4 is 19.5 Å². The van der Waals surface area contributed by atoms with Gasteiger partial charge in [0, 0.05) is 10.9 Å². The molecule has 0 aliphatic rings. The lowest BCUT2D eigenvalue weighted by Crippen LogP contribution is -2.24. The number of hydrogen-bond donors (Lipinski definition) is 2. The maximum atomic E-state index is 13.7. The van der Waals surface area contributed by atoms with Gasteiger partial charge in [0.15, 0.2) is 16.6 Å². The predicted molar refractivity (Wildman–Crippen MR) is 123 cm³/mol. The van der Waals surface area contributed by atoms with E-state index in [0.717, 1.165) is 17.7 Å². The molecule has 0 radical (unpaired) electrons. The number of methoxy groups -OCH3 is 2. The van der Waals surface area contributed by atoms with Crippen molar-refractivity contribution < 1.29 is 27.1 Å². The third-order valence-electron chi connectivity index (χ3n) is 4.50. The maximum absolute atomic E-state index is 13.7. The number of nitrogens with zero attached hydrogens (tertiary/aromatic N) is 1. The number of rotatable bonds is 8. The first kappa shape index (κ1) is 23.5. The van der Waals surface area contributed by atoms with Gasteiger partial charge in [-0.3, -0.25) is 14.8 Å². The van der Waals surface area contributed by atoms with Crippen LogP contribution in [0.15, 0.2) is 41.8 Å². The standard InChI is InChI=1S/C21H22FN3O5S2/c1-12(2)32(27,28)25-16-10-14(22)6-7-15(16)20(26)24-21-23-17(11-31-21)13-5-8-18(29-3)19(9-13)30-4/h5-12,25H,1-4H3,(H,23,24,26). The van der Waals surface area contributed by atoms with E-state index < -0.39 is 27.0 Å². The van der Waals surface area contributed by atoms with Crippen molar-refractivity contribution in [2.75, 3.05) is 24.3 Å². The molecule has 2 N–H and O–H groups in total. The summed E-state index contributed by atoms with van der Waals surface area (Å²) in [4.78, 5) is 17.2. The molecule has 1 amide bonds. The third-order valence-corrected chi connectivity index (χ3v) is 7.01. The molecule has 0 saturated heterocycles. The number of amides is 1. The Morgan fingerprint density at radius 3 is 2.47 bits per heavy atom. The molecule has 0 atom stereocenters. The van der Waals surface area contributed by atoms with Gasteiger partial charge >= 0.3 is 0 Å². The molecule has 0 bridgehead atoms. The first-order chi connectivity index (χ1) is 15.1. The van der Waals surface area contributed by atoms with Gasteiger partial charge in [0.25, 0.3) is 5.91 Å². The monoisotopic (exact) mass is 479 g/mol. The molecule has 11 heteroatoms. The zero-order valence-corrected chi connectivity index (χ0v) is 19.4. The van der Waals surface area contributed by atoms with Crippen molar-refractivity contribution in [2.45, 2.75) is 19.1 Å². The van der Waals surface area contributed by atoms with Gasteiger partial charge in [-0.05, 0) is 50.2 Å². The van der Waals surface area contributed by atoms with E-state index in [9.17, 15) is 17.6 Å². The minimum absolute atomic E-state index is 0.0292. The van der Waals surface area contributed by atoms with Crippen LogP contribution in [0.5, 0.6) is 11.5 Å². The van der Waals surface area contributed by atoms with E-state index in [0.29, 0.717) is 22.3 Å². The Morgan fingerprint density at radius 2 is 1.81 bits per heavy atom. The summed E-state index contributed by atoms with van der Waals surface area (Å²) >= 11 is 1.19. The number of sulfonamides is 1. The molecule has 0 fully saturated rings. The van der Waals surface area contributed by atoms with Gasteiger partial charge in [-0.1, -0.05) is 0 Å². The highest BCUT2D eigenvalue weighted by Crippen LogP contribution is 2.33. The summed E-state index contributed by atoms with van der Waals surface area (Å²) in [5.74, 6) is -0.183. The molecule has 0 spiro atoms. The second kappa shape index (κ2) is 9.53. The Hall–Kier alpha value is -3.18. The van der Waals surface area contributed by atoms with Crippen LogP contribution in [0.25, 0.3) is 11.3 Å². The highest BCUT2D eigenvalue weighted by molar-refractivity contribution is 7.93. The third kappa shape index (κ3) is 5.17. The molecule has 3 aromatic rings. The minimum Gasteiger partial charge on any atom is -0.493 e. The Labute approximate surface area is 189 Å². The fourth-order valence-electron chi connectivity index (χ4n) is 2.69. The molecular weight excluding hydrogens is 457 g/mol. The summed E-state index contributed by atoms with van der Waals surface area (Å²) in [5, 5.41) is 3.92. The second-order valence-electron chi connectivity index (χ2n) is 6.95. The average Bonchev–Trinajstić information content (AvgIpc) is 3.21. The molecule has 170 valence electrons. The second-order valence-corrected chi connectivity index (χ2v) is 10.0. The van der Waals surface area contributed by atoms with Gasteiger partial charge in [0.05, 0.1) is 36.4 Å². The molecule has 1 aromatic heterocycles. The fourth-order valence-corrected chi connectivity index (χ4v) is 4.12. The van der Waals surface area contributed by atoms with E-state index in [1.807, 2.05) is 0 Å². The average molecular weight is 480 g/mol. The van der Waals surface area contributed by atoms with E-state index >= 15 is 0 Å².